The van der Waals surface area contributed by atoms with Crippen molar-refractivity contribution in [2.75, 3.05) is 6.00 Å². The summed E-state index contributed by atoms with van der Waals surface area (Å²) in [6.45, 7) is 6.79. The Labute approximate surface area is 94.5 Å². The van der Waals surface area contributed by atoms with Crippen LogP contribution in [-0.4, -0.2) is 29.6 Å². The molecule has 0 bridgehead atoms. The molecule has 2 amide bonds. The summed E-state index contributed by atoms with van der Waals surface area (Å²) in [5.74, 6) is -0.351. The molecule has 0 aliphatic carbocycles. The van der Waals surface area contributed by atoms with Crippen molar-refractivity contribution in [1.82, 2.24) is 10.6 Å². The number of rotatable bonds is 3. The van der Waals surface area contributed by atoms with Gasteiger partial charge in [0.05, 0.1) is 6.00 Å². The maximum Gasteiger partial charge on any atom is 0.408 e. The second-order valence-electron chi connectivity index (χ2n) is 4.04. The summed E-state index contributed by atoms with van der Waals surface area (Å²) in [6.07, 6.45) is -0.625. The van der Waals surface area contributed by atoms with E-state index >= 15 is 0 Å². The molecule has 15 heavy (non-hydrogen) atoms. The number of alkyl carbamates (subject to hydrolysis) is 1. The van der Waals surface area contributed by atoms with Crippen molar-refractivity contribution in [1.29, 1.82) is 0 Å². The topological polar surface area (TPSA) is 67.4 Å². The molecule has 0 aliphatic rings. The minimum atomic E-state index is -0.668. The molecular formula is C9H17ClN2O3. The van der Waals surface area contributed by atoms with E-state index in [1.165, 1.54) is 0 Å². The standard InChI is InChI=1S/C9H17ClN2O3/c1-6(7(13)11-5-10)12-8(14)15-9(2,3)4/h6H,5H2,1-4H3,(H,11,13)(H,12,14)/t6-/m0/s1. The third-order valence-electron chi connectivity index (χ3n) is 1.37. The van der Waals surface area contributed by atoms with Crippen molar-refractivity contribution in [3.05, 3.63) is 0 Å². The highest BCUT2D eigenvalue weighted by Crippen LogP contribution is 2.06. The van der Waals surface area contributed by atoms with Gasteiger partial charge in [0, 0.05) is 0 Å². The van der Waals surface area contributed by atoms with Crippen molar-refractivity contribution in [2.24, 2.45) is 0 Å². The van der Waals surface area contributed by atoms with Crippen LogP contribution in [0.1, 0.15) is 27.7 Å². The number of ether oxygens (including phenoxy) is 1. The van der Waals surface area contributed by atoms with Gasteiger partial charge in [-0.25, -0.2) is 4.79 Å². The van der Waals surface area contributed by atoms with Gasteiger partial charge in [-0.1, -0.05) is 0 Å². The van der Waals surface area contributed by atoms with Crippen molar-refractivity contribution in [3.8, 4) is 0 Å². The minimum Gasteiger partial charge on any atom is -0.444 e. The minimum absolute atomic E-state index is 0.0131. The normalized spacial score (nSPS) is 12.9. The molecule has 0 aromatic rings. The van der Waals surface area contributed by atoms with Crippen molar-refractivity contribution in [2.45, 2.75) is 39.3 Å². The van der Waals surface area contributed by atoms with E-state index in [1.807, 2.05) is 0 Å². The van der Waals surface area contributed by atoms with Gasteiger partial charge in [-0.2, -0.15) is 0 Å². The summed E-state index contributed by atoms with van der Waals surface area (Å²) in [5.41, 5.74) is -0.577. The highest BCUT2D eigenvalue weighted by atomic mass is 35.5. The van der Waals surface area contributed by atoms with E-state index in [9.17, 15) is 9.59 Å². The van der Waals surface area contributed by atoms with Gasteiger partial charge in [0.1, 0.15) is 11.6 Å². The zero-order chi connectivity index (χ0) is 12.1. The number of hydrogen-bond donors (Lipinski definition) is 2. The molecule has 0 radical (unpaired) electrons. The van der Waals surface area contributed by atoms with Crippen LogP contribution in [0.5, 0.6) is 0 Å². The molecule has 2 N–H and O–H groups in total. The third-order valence-corrected chi connectivity index (χ3v) is 1.50. The Morgan fingerprint density at radius 2 is 1.93 bits per heavy atom. The molecule has 88 valence electrons. The van der Waals surface area contributed by atoms with E-state index in [-0.39, 0.29) is 11.9 Å². The summed E-state index contributed by atoms with van der Waals surface area (Å²) in [7, 11) is 0. The predicted molar refractivity (Wildman–Crippen MR) is 57.7 cm³/mol. The summed E-state index contributed by atoms with van der Waals surface area (Å²) < 4.78 is 4.97. The number of nitrogens with one attached hydrogen (secondary N) is 2. The fourth-order valence-corrected chi connectivity index (χ4v) is 0.901. The molecule has 0 aliphatic heterocycles. The number of halogens is 1. The second-order valence-corrected chi connectivity index (χ2v) is 4.31. The molecule has 5 nitrogen and oxygen atoms in total. The number of carbonyl (C=O) groups excluding carboxylic acids is 2. The van der Waals surface area contributed by atoms with Crippen molar-refractivity contribution < 1.29 is 14.3 Å². The van der Waals surface area contributed by atoms with E-state index < -0.39 is 17.7 Å². The molecule has 0 aromatic heterocycles. The fourth-order valence-electron chi connectivity index (χ4n) is 0.769. The summed E-state index contributed by atoms with van der Waals surface area (Å²) >= 11 is 5.31. The first-order chi connectivity index (χ1) is 6.76. The lowest BCUT2D eigenvalue weighted by Gasteiger charge is -2.21. The number of amides is 2. The average Bonchev–Trinajstić information content (AvgIpc) is 2.00. The Hall–Kier alpha value is -0.970. The second kappa shape index (κ2) is 5.80. The number of carbonyl (C=O) groups is 2. The zero-order valence-corrected chi connectivity index (χ0v) is 10.1. The summed E-state index contributed by atoms with van der Waals surface area (Å²) in [5, 5.41) is 4.76. The van der Waals surface area contributed by atoms with Gasteiger partial charge in [0.25, 0.3) is 0 Å². The monoisotopic (exact) mass is 236 g/mol. The van der Waals surface area contributed by atoms with E-state index in [0.717, 1.165) is 0 Å². The van der Waals surface area contributed by atoms with Crippen LogP contribution in [0.25, 0.3) is 0 Å². The third kappa shape index (κ3) is 7.02. The molecule has 0 unspecified atom stereocenters. The van der Waals surface area contributed by atoms with Gasteiger partial charge in [-0.05, 0) is 27.7 Å². The first kappa shape index (κ1) is 14.0. The first-order valence-electron chi connectivity index (χ1n) is 4.59. The van der Waals surface area contributed by atoms with Crippen LogP contribution in [0.4, 0.5) is 4.79 Å². The number of alkyl halides is 1. The zero-order valence-electron chi connectivity index (χ0n) is 9.39. The molecule has 0 rings (SSSR count). The lowest BCUT2D eigenvalue weighted by atomic mass is 10.2. The first-order valence-corrected chi connectivity index (χ1v) is 5.13. The molecule has 0 spiro atoms. The Kier molecular flexibility index (Phi) is 5.43. The van der Waals surface area contributed by atoms with Crippen LogP contribution in [-0.2, 0) is 9.53 Å². The molecule has 0 fully saturated rings. The van der Waals surface area contributed by atoms with E-state index in [4.69, 9.17) is 16.3 Å². The average molecular weight is 237 g/mol. The van der Waals surface area contributed by atoms with Crippen LogP contribution in [0.2, 0.25) is 0 Å². The Bertz CT molecular complexity index is 238. The maximum atomic E-state index is 11.2. The van der Waals surface area contributed by atoms with Crippen LogP contribution < -0.4 is 10.6 Å². The van der Waals surface area contributed by atoms with E-state index in [1.54, 1.807) is 27.7 Å². The molecule has 6 heteroatoms. The van der Waals surface area contributed by atoms with Gasteiger partial charge < -0.3 is 15.4 Å². The Morgan fingerprint density at radius 1 is 1.40 bits per heavy atom. The lowest BCUT2D eigenvalue weighted by Crippen LogP contribution is -2.46. The number of hydrogen-bond acceptors (Lipinski definition) is 3. The van der Waals surface area contributed by atoms with Crippen LogP contribution in [0, 0.1) is 0 Å². The highest BCUT2D eigenvalue weighted by Gasteiger charge is 2.20. The molecule has 0 saturated carbocycles. The molecule has 0 aromatic carbocycles. The Balaban J connectivity index is 4.02. The van der Waals surface area contributed by atoms with Gasteiger partial charge in [0.15, 0.2) is 0 Å². The smallest absolute Gasteiger partial charge is 0.408 e. The SMILES string of the molecule is C[C@H](NC(=O)OC(C)(C)C)C(=O)NCCl. The molecule has 0 heterocycles. The Morgan fingerprint density at radius 3 is 2.33 bits per heavy atom. The van der Waals surface area contributed by atoms with Crippen molar-refractivity contribution in [3.63, 3.8) is 0 Å². The highest BCUT2D eigenvalue weighted by molar-refractivity contribution is 6.18. The largest absolute Gasteiger partial charge is 0.444 e. The lowest BCUT2D eigenvalue weighted by molar-refractivity contribution is -0.122. The molecular weight excluding hydrogens is 220 g/mol. The van der Waals surface area contributed by atoms with Gasteiger partial charge in [0.2, 0.25) is 5.91 Å². The van der Waals surface area contributed by atoms with Crippen LogP contribution in [0.15, 0.2) is 0 Å². The quantitative estimate of drug-likeness (QED) is 0.572. The van der Waals surface area contributed by atoms with Crippen LogP contribution in [0.3, 0.4) is 0 Å². The van der Waals surface area contributed by atoms with Gasteiger partial charge in [-0.3, -0.25) is 4.79 Å². The van der Waals surface area contributed by atoms with Gasteiger partial charge in [-0.15, -0.1) is 11.6 Å². The van der Waals surface area contributed by atoms with E-state index in [0.29, 0.717) is 0 Å². The maximum absolute atomic E-state index is 11.2. The summed E-state index contributed by atoms with van der Waals surface area (Å²) in [4.78, 5) is 22.4. The van der Waals surface area contributed by atoms with Gasteiger partial charge >= 0.3 is 6.09 Å². The predicted octanol–water partition coefficient (Wildman–Crippen LogP) is 1.21. The fraction of sp³-hybridized carbons (Fsp3) is 0.778. The molecule has 0 saturated heterocycles. The van der Waals surface area contributed by atoms with Crippen LogP contribution >= 0.6 is 11.6 Å². The van der Waals surface area contributed by atoms with E-state index in [2.05, 4.69) is 10.6 Å². The summed E-state index contributed by atoms with van der Waals surface area (Å²) in [6, 6.07) is -0.655. The van der Waals surface area contributed by atoms with Crippen molar-refractivity contribution >= 4 is 23.6 Å². The molecule has 1 atom stereocenters.